The number of barbiturate groups is 1. The summed E-state index contributed by atoms with van der Waals surface area (Å²) >= 11 is 6.15. The summed E-state index contributed by atoms with van der Waals surface area (Å²) in [6, 6.07) is 21.6. The molecule has 1 fully saturated rings. The zero-order chi connectivity index (χ0) is 27.0. The molecule has 1 saturated heterocycles. The Hall–Kier alpha value is -4.42. The first-order valence-electron chi connectivity index (χ1n) is 12.1. The SMILES string of the molecule is Cc1ccc(COc2ccc3ccccc3c2/C=C2\C(=O)NC(=O)N(c3cc(Cl)ccc3C)C2=O)cc1C. The minimum atomic E-state index is -0.827. The van der Waals surface area contributed by atoms with Crippen LogP contribution in [0.4, 0.5) is 10.5 Å². The lowest BCUT2D eigenvalue weighted by Gasteiger charge is -2.28. The van der Waals surface area contributed by atoms with Crippen molar-refractivity contribution in [1.82, 2.24) is 5.32 Å². The summed E-state index contributed by atoms with van der Waals surface area (Å²) in [5, 5.41) is 4.38. The van der Waals surface area contributed by atoms with Crippen molar-refractivity contribution in [2.24, 2.45) is 0 Å². The second-order valence-electron chi connectivity index (χ2n) is 9.29. The summed E-state index contributed by atoms with van der Waals surface area (Å²) in [5.41, 5.74) is 4.72. The summed E-state index contributed by atoms with van der Waals surface area (Å²) in [6.07, 6.45) is 1.50. The molecule has 0 saturated carbocycles. The van der Waals surface area contributed by atoms with Gasteiger partial charge in [-0.3, -0.25) is 14.9 Å². The molecule has 5 rings (SSSR count). The zero-order valence-electron chi connectivity index (χ0n) is 21.2. The van der Waals surface area contributed by atoms with Crippen LogP contribution in [-0.4, -0.2) is 17.8 Å². The van der Waals surface area contributed by atoms with Crippen LogP contribution in [0.2, 0.25) is 5.02 Å². The Morgan fingerprint density at radius 2 is 1.63 bits per heavy atom. The number of rotatable bonds is 5. The largest absolute Gasteiger partial charge is 0.488 e. The smallest absolute Gasteiger partial charge is 0.335 e. The Labute approximate surface area is 225 Å². The summed E-state index contributed by atoms with van der Waals surface area (Å²) in [7, 11) is 0. The molecule has 4 aromatic carbocycles. The summed E-state index contributed by atoms with van der Waals surface area (Å²) in [4.78, 5) is 40.2. The molecule has 1 aliphatic rings. The van der Waals surface area contributed by atoms with Gasteiger partial charge in [-0.05, 0) is 78.1 Å². The van der Waals surface area contributed by atoms with E-state index in [0.717, 1.165) is 26.8 Å². The van der Waals surface area contributed by atoms with E-state index in [9.17, 15) is 14.4 Å². The zero-order valence-corrected chi connectivity index (χ0v) is 21.9. The average molecular weight is 525 g/mol. The van der Waals surface area contributed by atoms with Crippen molar-refractivity contribution in [3.8, 4) is 5.75 Å². The van der Waals surface area contributed by atoms with Crippen molar-refractivity contribution in [2.75, 3.05) is 4.90 Å². The number of urea groups is 1. The Morgan fingerprint density at radius 1 is 0.868 bits per heavy atom. The number of carbonyl (C=O) groups excluding carboxylic acids is 3. The first-order chi connectivity index (χ1) is 18.2. The van der Waals surface area contributed by atoms with Crippen LogP contribution in [0.25, 0.3) is 16.8 Å². The molecule has 7 heteroatoms. The average Bonchev–Trinajstić information content (AvgIpc) is 2.89. The first kappa shape index (κ1) is 25.2. The van der Waals surface area contributed by atoms with Gasteiger partial charge in [-0.1, -0.05) is 66.2 Å². The van der Waals surface area contributed by atoms with Crippen LogP contribution in [0.1, 0.15) is 27.8 Å². The number of amides is 4. The predicted octanol–water partition coefficient (Wildman–Crippen LogP) is 6.66. The Kier molecular flexibility index (Phi) is 6.74. The van der Waals surface area contributed by atoms with Crippen molar-refractivity contribution in [2.45, 2.75) is 27.4 Å². The van der Waals surface area contributed by atoms with Crippen LogP contribution in [0.3, 0.4) is 0 Å². The second-order valence-corrected chi connectivity index (χ2v) is 9.73. The number of ether oxygens (including phenoxy) is 1. The van der Waals surface area contributed by atoms with Crippen LogP contribution < -0.4 is 15.0 Å². The van der Waals surface area contributed by atoms with Crippen molar-refractivity contribution < 1.29 is 19.1 Å². The molecule has 38 heavy (non-hydrogen) atoms. The van der Waals surface area contributed by atoms with E-state index in [-0.39, 0.29) is 5.57 Å². The van der Waals surface area contributed by atoms with Crippen molar-refractivity contribution >= 4 is 52.0 Å². The van der Waals surface area contributed by atoms with E-state index < -0.39 is 17.8 Å². The van der Waals surface area contributed by atoms with Crippen LogP contribution in [0.5, 0.6) is 5.75 Å². The van der Waals surface area contributed by atoms with Crippen LogP contribution in [0.15, 0.2) is 78.4 Å². The van der Waals surface area contributed by atoms with E-state index in [1.54, 1.807) is 19.1 Å². The molecule has 0 aromatic heterocycles. The lowest BCUT2D eigenvalue weighted by atomic mass is 9.99. The Morgan fingerprint density at radius 3 is 2.42 bits per heavy atom. The molecule has 190 valence electrons. The quantitative estimate of drug-likeness (QED) is 0.234. The lowest BCUT2D eigenvalue weighted by Crippen LogP contribution is -2.54. The van der Waals surface area contributed by atoms with Gasteiger partial charge in [0.25, 0.3) is 11.8 Å². The topological polar surface area (TPSA) is 75.7 Å². The van der Waals surface area contributed by atoms with Crippen molar-refractivity contribution in [3.63, 3.8) is 0 Å². The molecule has 0 atom stereocenters. The van der Waals surface area contributed by atoms with Gasteiger partial charge in [0, 0.05) is 10.6 Å². The molecule has 0 aliphatic carbocycles. The van der Waals surface area contributed by atoms with E-state index in [1.807, 2.05) is 55.5 Å². The molecule has 4 amide bonds. The van der Waals surface area contributed by atoms with Crippen LogP contribution in [0, 0.1) is 20.8 Å². The molecule has 1 heterocycles. The normalized spacial score (nSPS) is 14.8. The fourth-order valence-corrected chi connectivity index (χ4v) is 4.62. The molecule has 1 aliphatic heterocycles. The molecule has 0 bridgehead atoms. The standard InChI is InChI=1S/C31H25ClN2O4/c1-18-8-10-21(14-20(18)3)17-38-28-13-11-22-6-4-5-7-24(22)25(28)16-26-29(35)33-31(37)34(30(26)36)27-15-23(32)12-9-19(27)2/h4-16H,17H2,1-3H3,(H,33,35,37)/b26-16+. The van der Waals surface area contributed by atoms with Crippen molar-refractivity contribution in [3.05, 3.63) is 111 Å². The summed E-state index contributed by atoms with van der Waals surface area (Å²) < 4.78 is 6.22. The maximum atomic E-state index is 13.6. The van der Waals surface area contributed by atoms with Gasteiger partial charge in [-0.2, -0.15) is 0 Å². The molecule has 1 N–H and O–H groups in total. The highest BCUT2D eigenvalue weighted by atomic mass is 35.5. The minimum Gasteiger partial charge on any atom is -0.488 e. The number of aryl methyl sites for hydroxylation is 3. The van der Waals surface area contributed by atoms with E-state index in [2.05, 4.69) is 18.3 Å². The van der Waals surface area contributed by atoms with E-state index in [0.29, 0.717) is 34.2 Å². The number of nitrogens with one attached hydrogen (secondary N) is 1. The van der Waals surface area contributed by atoms with Crippen LogP contribution in [-0.2, 0) is 16.2 Å². The number of carbonyl (C=O) groups is 3. The molecule has 6 nitrogen and oxygen atoms in total. The first-order valence-corrected chi connectivity index (χ1v) is 12.5. The van der Waals surface area contributed by atoms with E-state index in [1.165, 1.54) is 17.7 Å². The van der Waals surface area contributed by atoms with Gasteiger partial charge in [0.2, 0.25) is 0 Å². The number of hydrogen-bond acceptors (Lipinski definition) is 4. The third kappa shape index (κ3) is 4.78. The molecule has 0 radical (unpaired) electrons. The molecular formula is C31H25ClN2O4. The highest BCUT2D eigenvalue weighted by Gasteiger charge is 2.37. The fourth-order valence-electron chi connectivity index (χ4n) is 4.45. The molecule has 0 spiro atoms. The molecular weight excluding hydrogens is 500 g/mol. The number of nitrogens with zero attached hydrogens (tertiary/aromatic N) is 1. The highest BCUT2D eigenvalue weighted by Crippen LogP contribution is 2.33. The number of hydrogen-bond donors (Lipinski definition) is 1. The Balaban J connectivity index is 1.59. The molecule has 0 unspecified atom stereocenters. The van der Waals surface area contributed by atoms with Gasteiger partial charge in [0.1, 0.15) is 17.9 Å². The highest BCUT2D eigenvalue weighted by molar-refractivity contribution is 6.40. The second kappa shape index (κ2) is 10.1. The minimum absolute atomic E-state index is 0.184. The van der Waals surface area contributed by atoms with Crippen molar-refractivity contribution in [1.29, 1.82) is 0 Å². The maximum Gasteiger partial charge on any atom is 0.335 e. The number of halogens is 1. The van der Waals surface area contributed by atoms with Gasteiger partial charge in [-0.15, -0.1) is 0 Å². The number of imide groups is 2. The molecule has 4 aromatic rings. The van der Waals surface area contributed by atoms with Crippen LogP contribution >= 0.6 is 11.6 Å². The number of fused-ring (bicyclic) bond motifs is 1. The lowest BCUT2D eigenvalue weighted by molar-refractivity contribution is -0.122. The number of anilines is 1. The van der Waals surface area contributed by atoms with Gasteiger partial charge in [0.15, 0.2) is 0 Å². The van der Waals surface area contributed by atoms with Gasteiger partial charge in [0.05, 0.1) is 5.69 Å². The predicted molar refractivity (Wildman–Crippen MR) is 149 cm³/mol. The third-order valence-electron chi connectivity index (χ3n) is 6.70. The maximum absolute atomic E-state index is 13.6. The van der Waals surface area contributed by atoms with E-state index >= 15 is 0 Å². The van der Waals surface area contributed by atoms with Gasteiger partial charge < -0.3 is 4.74 Å². The van der Waals surface area contributed by atoms with Gasteiger partial charge in [-0.25, -0.2) is 9.69 Å². The number of benzene rings is 4. The fraction of sp³-hybridized carbons (Fsp3) is 0.129. The monoisotopic (exact) mass is 524 g/mol. The summed E-state index contributed by atoms with van der Waals surface area (Å²) in [6.45, 7) is 6.17. The summed E-state index contributed by atoms with van der Waals surface area (Å²) in [5.74, 6) is -1.00. The Bertz CT molecular complexity index is 1660. The van der Waals surface area contributed by atoms with E-state index in [4.69, 9.17) is 16.3 Å². The van der Waals surface area contributed by atoms with Gasteiger partial charge >= 0.3 is 6.03 Å². The third-order valence-corrected chi connectivity index (χ3v) is 6.93.